The predicted molar refractivity (Wildman–Crippen MR) is 95.7 cm³/mol. The van der Waals surface area contributed by atoms with Crippen LogP contribution < -0.4 is 10.2 Å². The van der Waals surface area contributed by atoms with Crippen LogP contribution in [0.5, 0.6) is 0 Å². The van der Waals surface area contributed by atoms with Gasteiger partial charge in [-0.25, -0.2) is 14.8 Å². The van der Waals surface area contributed by atoms with Crippen LogP contribution in [-0.2, 0) is 19.1 Å². The molecule has 0 saturated heterocycles. The van der Waals surface area contributed by atoms with E-state index in [-0.39, 0.29) is 5.69 Å². The molecule has 9 heteroatoms. The Labute approximate surface area is 155 Å². The molecule has 1 aromatic heterocycles. The van der Waals surface area contributed by atoms with Gasteiger partial charge in [0.1, 0.15) is 11.6 Å². The van der Waals surface area contributed by atoms with Crippen molar-refractivity contribution in [2.45, 2.75) is 26.1 Å². The number of alkyl halides is 3. The second kappa shape index (κ2) is 7.05. The molecule has 1 aliphatic heterocycles. The molecule has 0 aliphatic carbocycles. The number of carbonyl (C=O) groups is 1. The van der Waals surface area contributed by atoms with Crippen LogP contribution in [0.15, 0.2) is 24.3 Å². The highest BCUT2D eigenvalue weighted by atomic mass is 19.4. The number of halogens is 3. The number of hydrogen-bond acceptors (Lipinski definition) is 4. The summed E-state index contributed by atoms with van der Waals surface area (Å²) >= 11 is 0. The molecule has 3 rings (SSSR count). The number of benzene rings is 1. The first kappa shape index (κ1) is 18.9. The third-order valence-corrected chi connectivity index (χ3v) is 4.30. The molecule has 1 aliphatic rings. The predicted octanol–water partition coefficient (Wildman–Crippen LogP) is 3.46. The maximum Gasteiger partial charge on any atom is 0.416 e. The smallest absolute Gasteiger partial charge is 0.362 e. The van der Waals surface area contributed by atoms with Gasteiger partial charge in [0.15, 0.2) is 0 Å². The number of nitrogens with zero attached hydrogens (tertiary/aromatic N) is 4. The first-order chi connectivity index (χ1) is 12.6. The lowest BCUT2D eigenvalue weighted by Gasteiger charge is -2.31. The van der Waals surface area contributed by atoms with E-state index >= 15 is 0 Å². The number of nitrogens with one attached hydrogen (secondary N) is 1. The third-order valence-electron chi connectivity index (χ3n) is 4.30. The molecular weight excluding hydrogens is 359 g/mol. The molecule has 2 amide bonds. The molecule has 2 aromatic rings. The highest BCUT2D eigenvalue weighted by molar-refractivity contribution is 5.89. The second-order valence-electron chi connectivity index (χ2n) is 6.59. The van der Waals surface area contributed by atoms with Crippen molar-refractivity contribution in [3.63, 3.8) is 0 Å². The Morgan fingerprint density at radius 3 is 2.67 bits per heavy atom. The van der Waals surface area contributed by atoms with E-state index < -0.39 is 17.8 Å². The average Bonchev–Trinajstić information content (AvgIpc) is 2.60. The van der Waals surface area contributed by atoms with Crippen molar-refractivity contribution in [3.05, 3.63) is 46.9 Å². The van der Waals surface area contributed by atoms with Crippen molar-refractivity contribution in [1.82, 2.24) is 14.9 Å². The highest BCUT2D eigenvalue weighted by Crippen LogP contribution is 2.31. The van der Waals surface area contributed by atoms with E-state index in [0.717, 1.165) is 29.2 Å². The van der Waals surface area contributed by atoms with Gasteiger partial charge in [0.05, 0.1) is 17.8 Å². The Morgan fingerprint density at radius 2 is 2.00 bits per heavy atom. The van der Waals surface area contributed by atoms with Crippen LogP contribution >= 0.6 is 0 Å². The summed E-state index contributed by atoms with van der Waals surface area (Å²) in [5, 5.41) is 2.55. The van der Waals surface area contributed by atoms with Crippen molar-refractivity contribution >= 4 is 17.5 Å². The van der Waals surface area contributed by atoms with E-state index in [2.05, 4.69) is 15.3 Å². The Balaban J connectivity index is 1.79. The number of urea groups is 1. The van der Waals surface area contributed by atoms with Gasteiger partial charge in [0.2, 0.25) is 0 Å². The minimum atomic E-state index is -4.46. The number of hydrogen-bond donors (Lipinski definition) is 1. The van der Waals surface area contributed by atoms with E-state index in [1.807, 2.05) is 25.9 Å². The summed E-state index contributed by atoms with van der Waals surface area (Å²) in [6.07, 6.45) is -3.89. The molecule has 0 fully saturated rings. The van der Waals surface area contributed by atoms with Gasteiger partial charge >= 0.3 is 12.2 Å². The maximum atomic E-state index is 12.8. The molecule has 0 radical (unpaired) electrons. The minimum absolute atomic E-state index is 0.105. The monoisotopic (exact) mass is 379 g/mol. The zero-order valence-electron chi connectivity index (χ0n) is 15.3. The van der Waals surface area contributed by atoms with Crippen molar-refractivity contribution < 1.29 is 18.0 Å². The fourth-order valence-corrected chi connectivity index (χ4v) is 3.04. The van der Waals surface area contributed by atoms with Crippen molar-refractivity contribution in [1.29, 1.82) is 0 Å². The molecule has 0 unspecified atom stereocenters. The molecule has 0 bridgehead atoms. The van der Waals surface area contributed by atoms with Crippen LogP contribution in [0, 0.1) is 6.92 Å². The van der Waals surface area contributed by atoms with E-state index in [4.69, 9.17) is 0 Å². The van der Waals surface area contributed by atoms with E-state index in [9.17, 15) is 18.0 Å². The van der Waals surface area contributed by atoms with Crippen molar-refractivity contribution in [2.75, 3.05) is 30.9 Å². The van der Waals surface area contributed by atoms with E-state index in [0.29, 0.717) is 25.3 Å². The Kier molecular flexibility index (Phi) is 4.95. The van der Waals surface area contributed by atoms with Crippen LogP contribution in [-0.4, -0.2) is 41.5 Å². The zero-order chi connectivity index (χ0) is 19.8. The second-order valence-corrected chi connectivity index (χ2v) is 6.59. The number of aromatic nitrogens is 2. The minimum Gasteiger partial charge on any atom is -0.362 e. The van der Waals surface area contributed by atoms with Gasteiger partial charge in [0, 0.05) is 38.3 Å². The van der Waals surface area contributed by atoms with Gasteiger partial charge < -0.3 is 15.1 Å². The van der Waals surface area contributed by atoms with Crippen LogP contribution in [0.4, 0.5) is 29.5 Å². The lowest BCUT2D eigenvalue weighted by Crippen LogP contribution is -2.40. The molecule has 144 valence electrons. The largest absolute Gasteiger partial charge is 0.416 e. The Hall–Kier alpha value is -2.84. The van der Waals surface area contributed by atoms with E-state index in [1.54, 1.807) is 4.90 Å². The highest BCUT2D eigenvalue weighted by Gasteiger charge is 2.31. The molecular formula is C18H20F3N5O. The number of carbonyl (C=O) groups excluding carboxylic acids is 1. The number of fused-ring (bicyclic) bond motifs is 1. The Morgan fingerprint density at radius 1 is 1.26 bits per heavy atom. The van der Waals surface area contributed by atoms with Crippen LogP contribution in [0.25, 0.3) is 0 Å². The quantitative estimate of drug-likeness (QED) is 0.868. The standard InChI is InChI=1S/C18H20F3N5O/c1-11-22-15-7-8-26(10-14(15)16(23-11)25(2)3)17(27)24-13-6-4-5-12(9-13)18(19,20)21/h4-6,9H,7-8,10H2,1-3H3,(H,24,27). The van der Waals surface area contributed by atoms with Crippen LogP contribution in [0.2, 0.25) is 0 Å². The van der Waals surface area contributed by atoms with Gasteiger partial charge in [-0.2, -0.15) is 13.2 Å². The molecule has 1 N–H and O–H groups in total. The lowest BCUT2D eigenvalue weighted by molar-refractivity contribution is -0.137. The van der Waals surface area contributed by atoms with E-state index in [1.165, 1.54) is 12.1 Å². The summed E-state index contributed by atoms with van der Waals surface area (Å²) < 4.78 is 38.5. The normalized spacial score (nSPS) is 13.9. The molecule has 0 atom stereocenters. The van der Waals surface area contributed by atoms with Gasteiger partial charge in [-0.15, -0.1) is 0 Å². The number of aryl methyl sites for hydroxylation is 1. The number of amides is 2. The topological polar surface area (TPSA) is 61.4 Å². The fraction of sp³-hybridized carbons (Fsp3) is 0.389. The molecule has 0 spiro atoms. The van der Waals surface area contributed by atoms with Gasteiger partial charge in [-0.1, -0.05) is 6.07 Å². The molecule has 27 heavy (non-hydrogen) atoms. The molecule has 1 aromatic carbocycles. The van der Waals surface area contributed by atoms with Crippen molar-refractivity contribution in [2.24, 2.45) is 0 Å². The summed E-state index contributed by atoms with van der Waals surface area (Å²) in [7, 11) is 3.73. The molecule has 6 nitrogen and oxygen atoms in total. The third kappa shape index (κ3) is 4.12. The summed E-state index contributed by atoms with van der Waals surface area (Å²) in [5.74, 6) is 1.41. The fourth-order valence-electron chi connectivity index (χ4n) is 3.04. The van der Waals surface area contributed by atoms with Gasteiger partial charge in [-0.05, 0) is 25.1 Å². The molecule has 0 saturated carbocycles. The first-order valence-electron chi connectivity index (χ1n) is 8.42. The zero-order valence-corrected chi connectivity index (χ0v) is 15.3. The average molecular weight is 379 g/mol. The summed E-state index contributed by atoms with van der Waals surface area (Å²) in [6.45, 7) is 2.55. The van der Waals surface area contributed by atoms with Gasteiger partial charge in [-0.3, -0.25) is 0 Å². The molecule has 2 heterocycles. The van der Waals surface area contributed by atoms with Crippen molar-refractivity contribution in [3.8, 4) is 0 Å². The summed E-state index contributed by atoms with van der Waals surface area (Å²) in [6, 6.07) is 4.14. The van der Waals surface area contributed by atoms with Gasteiger partial charge in [0.25, 0.3) is 0 Å². The first-order valence-corrected chi connectivity index (χ1v) is 8.42. The number of anilines is 2. The lowest BCUT2D eigenvalue weighted by atomic mass is 10.1. The van der Waals surface area contributed by atoms with Crippen LogP contribution in [0.1, 0.15) is 22.6 Å². The summed E-state index contributed by atoms with van der Waals surface area (Å²) in [4.78, 5) is 24.9. The SMILES string of the molecule is Cc1nc2c(c(N(C)C)n1)CN(C(=O)Nc1cccc(C(F)(F)F)c1)CC2. The number of rotatable bonds is 2. The maximum absolute atomic E-state index is 12.8. The Bertz CT molecular complexity index is 867. The summed E-state index contributed by atoms with van der Waals surface area (Å²) in [5.41, 5.74) is 1.06. The van der Waals surface area contributed by atoms with Crippen LogP contribution in [0.3, 0.4) is 0 Å².